The number of halogens is 2. The van der Waals surface area contributed by atoms with Crippen molar-refractivity contribution in [1.29, 1.82) is 5.26 Å². The van der Waals surface area contributed by atoms with Crippen LogP contribution in [0.25, 0.3) is 0 Å². The molecule has 0 saturated carbocycles. The monoisotopic (exact) mass is 272 g/mol. The smallest absolute Gasteiger partial charge is 0.258 e. The van der Waals surface area contributed by atoms with E-state index in [0.29, 0.717) is 5.69 Å². The third-order valence-electron chi connectivity index (χ3n) is 2.67. The topological polar surface area (TPSA) is 52.9 Å². The number of nitrogens with zero attached hydrogens (tertiary/aromatic N) is 1. The van der Waals surface area contributed by atoms with E-state index in [1.54, 1.807) is 24.3 Å². The van der Waals surface area contributed by atoms with Gasteiger partial charge in [-0.05, 0) is 35.9 Å². The minimum Gasteiger partial charge on any atom is -0.322 e. The molecule has 2 rings (SSSR count). The Morgan fingerprint density at radius 2 is 1.85 bits per heavy atom. The zero-order valence-corrected chi connectivity index (χ0v) is 10.4. The molecule has 2 aromatic rings. The van der Waals surface area contributed by atoms with Crippen LogP contribution in [0.15, 0.2) is 42.5 Å². The Morgan fingerprint density at radius 3 is 2.50 bits per heavy atom. The Hall–Kier alpha value is -2.74. The number of amides is 1. The van der Waals surface area contributed by atoms with E-state index in [1.165, 1.54) is 0 Å². The van der Waals surface area contributed by atoms with E-state index in [0.717, 1.165) is 23.8 Å². The molecule has 0 atom stereocenters. The van der Waals surface area contributed by atoms with Gasteiger partial charge in [-0.3, -0.25) is 4.79 Å². The highest BCUT2D eigenvalue weighted by Crippen LogP contribution is 2.14. The minimum absolute atomic E-state index is 0.271. The van der Waals surface area contributed by atoms with Crippen LogP contribution in [0.5, 0.6) is 0 Å². The van der Waals surface area contributed by atoms with E-state index in [-0.39, 0.29) is 12.0 Å². The Balaban J connectivity index is 2.15. The van der Waals surface area contributed by atoms with Crippen LogP contribution in [-0.4, -0.2) is 5.91 Å². The number of anilines is 1. The third kappa shape index (κ3) is 3.18. The van der Waals surface area contributed by atoms with Gasteiger partial charge in [0.15, 0.2) is 0 Å². The molecule has 20 heavy (non-hydrogen) atoms. The fourth-order valence-electron chi connectivity index (χ4n) is 1.67. The SMILES string of the molecule is N#CCc1ccc(NC(=O)c2cc(F)ccc2F)cc1. The molecule has 0 aliphatic heterocycles. The molecule has 0 unspecified atom stereocenters. The molecule has 0 heterocycles. The van der Waals surface area contributed by atoms with Gasteiger partial charge >= 0.3 is 0 Å². The number of rotatable bonds is 3. The van der Waals surface area contributed by atoms with Crippen molar-refractivity contribution in [3.05, 3.63) is 65.2 Å². The second-order valence-electron chi connectivity index (χ2n) is 4.11. The van der Waals surface area contributed by atoms with Crippen LogP contribution in [0.1, 0.15) is 15.9 Å². The van der Waals surface area contributed by atoms with Gasteiger partial charge in [0, 0.05) is 5.69 Å². The third-order valence-corrected chi connectivity index (χ3v) is 2.67. The van der Waals surface area contributed by atoms with Gasteiger partial charge in [-0.25, -0.2) is 8.78 Å². The molecule has 0 radical (unpaired) electrons. The summed E-state index contributed by atoms with van der Waals surface area (Å²) in [7, 11) is 0. The lowest BCUT2D eigenvalue weighted by Gasteiger charge is -2.06. The highest BCUT2D eigenvalue weighted by atomic mass is 19.1. The average molecular weight is 272 g/mol. The first-order valence-corrected chi connectivity index (χ1v) is 5.82. The number of carbonyl (C=O) groups is 1. The van der Waals surface area contributed by atoms with E-state index in [2.05, 4.69) is 5.32 Å². The number of nitriles is 1. The Bertz CT molecular complexity index is 675. The highest BCUT2D eigenvalue weighted by Gasteiger charge is 2.12. The van der Waals surface area contributed by atoms with Gasteiger partial charge in [0.25, 0.3) is 5.91 Å². The van der Waals surface area contributed by atoms with Crippen LogP contribution in [-0.2, 0) is 6.42 Å². The zero-order chi connectivity index (χ0) is 14.5. The summed E-state index contributed by atoms with van der Waals surface area (Å²) in [5.74, 6) is -2.19. The summed E-state index contributed by atoms with van der Waals surface area (Å²) in [6.07, 6.45) is 0.271. The van der Waals surface area contributed by atoms with Crippen molar-refractivity contribution >= 4 is 11.6 Å². The first kappa shape index (κ1) is 13.7. The molecule has 1 N–H and O–H groups in total. The number of nitrogens with one attached hydrogen (secondary N) is 1. The van der Waals surface area contributed by atoms with E-state index in [9.17, 15) is 13.6 Å². The van der Waals surface area contributed by atoms with Crippen molar-refractivity contribution in [2.24, 2.45) is 0 Å². The van der Waals surface area contributed by atoms with Gasteiger partial charge in [0.05, 0.1) is 18.1 Å². The molecule has 1 amide bonds. The van der Waals surface area contributed by atoms with Crippen LogP contribution in [0.4, 0.5) is 14.5 Å². The Kier molecular flexibility index (Phi) is 4.06. The number of carbonyl (C=O) groups excluding carboxylic acids is 1. The summed E-state index contributed by atoms with van der Waals surface area (Å²) in [6, 6.07) is 11.3. The fraction of sp³-hybridized carbons (Fsp3) is 0.0667. The molecule has 0 saturated heterocycles. The molecule has 0 aromatic heterocycles. The molecule has 0 spiro atoms. The van der Waals surface area contributed by atoms with Crippen molar-refractivity contribution in [2.75, 3.05) is 5.32 Å². The predicted octanol–water partition coefficient (Wildman–Crippen LogP) is 3.28. The van der Waals surface area contributed by atoms with Gasteiger partial charge < -0.3 is 5.32 Å². The summed E-state index contributed by atoms with van der Waals surface area (Å²) >= 11 is 0. The van der Waals surface area contributed by atoms with Gasteiger partial charge in [-0.2, -0.15) is 5.26 Å². The minimum atomic E-state index is -0.787. The maximum Gasteiger partial charge on any atom is 0.258 e. The average Bonchev–Trinajstić information content (AvgIpc) is 2.44. The highest BCUT2D eigenvalue weighted by molar-refractivity contribution is 6.04. The summed E-state index contributed by atoms with van der Waals surface area (Å²) in [5.41, 5.74) is 0.897. The fourth-order valence-corrected chi connectivity index (χ4v) is 1.67. The predicted molar refractivity (Wildman–Crippen MR) is 70.1 cm³/mol. The molecule has 5 heteroatoms. The van der Waals surface area contributed by atoms with E-state index in [1.807, 2.05) is 6.07 Å². The summed E-state index contributed by atoms with van der Waals surface area (Å²) < 4.78 is 26.4. The molecule has 100 valence electrons. The van der Waals surface area contributed by atoms with E-state index >= 15 is 0 Å². The van der Waals surface area contributed by atoms with Crippen molar-refractivity contribution in [3.63, 3.8) is 0 Å². The van der Waals surface area contributed by atoms with Gasteiger partial charge in [0.1, 0.15) is 11.6 Å². The van der Waals surface area contributed by atoms with E-state index < -0.39 is 17.5 Å². The first-order valence-electron chi connectivity index (χ1n) is 5.82. The van der Waals surface area contributed by atoms with Crippen LogP contribution in [0.2, 0.25) is 0 Å². The van der Waals surface area contributed by atoms with Crippen LogP contribution >= 0.6 is 0 Å². The summed E-state index contributed by atoms with van der Waals surface area (Å²) in [5, 5.41) is 11.0. The second kappa shape index (κ2) is 5.93. The van der Waals surface area contributed by atoms with Crippen molar-refractivity contribution in [3.8, 4) is 6.07 Å². The van der Waals surface area contributed by atoms with Crippen LogP contribution in [0, 0.1) is 23.0 Å². The molecular formula is C15H10F2N2O. The second-order valence-corrected chi connectivity index (χ2v) is 4.11. The summed E-state index contributed by atoms with van der Waals surface area (Å²) in [6.45, 7) is 0. The zero-order valence-electron chi connectivity index (χ0n) is 10.4. The first-order chi connectivity index (χ1) is 9.60. The maximum atomic E-state index is 13.4. The van der Waals surface area contributed by atoms with Crippen molar-refractivity contribution in [1.82, 2.24) is 0 Å². The lowest BCUT2D eigenvalue weighted by molar-refractivity contribution is 0.102. The molecule has 3 nitrogen and oxygen atoms in total. The standard InChI is InChI=1S/C15H10F2N2O/c16-11-3-6-14(17)13(9-11)15(20)19-12-4-1-10(2-5-12)7-8-18/h1-6,9H,7H2,(H,19,20). The summed E-state index contributed by atoms with van der Waals surface area (Å²) in [4.78, 5) is 11.8. The Labute approximate surface area is 114 Å². The molecule has 0 fully saturated rings. The van der Waals surface area contributed by atoms with Crippen molar-refractivity contribution in [2.45, 2.75) is 6.42 Å². The normalized spacial score (nSPS) is 9.85. The molecule has 0 aliphatic rings. The lowest BCUT2D eigenvalue weighted by Crippen LogP contribution is -2.14. The van der Waals surface area contributed by atoms with Crippen molar-refractivity contribution < 1.29 is 13.6 Å². The quantitative estimate of drug-likeness (QED) is 0.932. The molecule has 0 bridgehead atoms. The molecular weight excluding hydrogens is 262 g/mol. The van der Waals surface area contributed by atoms with Crippen LogP contribution < -0.4 is 5.32 Å². The van der Waals surface area contributed by atoms with Gasteiger partial charge in [-0.1, -0.05) is 12.1 Å². The lowest BCUT2D eigenvalue weighted by atomic mass is 10.1. The largest absolute Gasteiger partial charge is 0.322 e. The van der Waals surface area contributed by atoms with Crippen LogP contribution in [0.3, 0.4) is 0 Å². The maximum absolute atomic E-state index is 13.4. The molecule has 2 aromatic carbocycles. The van der Waals surface area contributed by atoms with E-state index in [4.69, 9.17) is 5.26 Å². The number of hydrogen-bond acceptors (Lipinski definition) is 2. The molecule has 0 aliphatic carbocycles. The Morgan fingerprint density at radius 1 is 1.15 bits per heavy atom. The number of hydrogen-bond donors (Lipinski definition) is 1. The number of benzene rings is 2. The van der Waals surface area contributed by atoms with Gasteiger partial charge in [-0.15, -0.1) is 0 Å². The van der Waals surface area contributed by atoms with Gasteiger partial charge in [0.2, 0.25) is 0 Å².